The third-order valence-corrected chi connectivity index (χ3v) is 4.71. The number of hydrogen-bond donors (Lipinski definition) is 3. The van der Waals surface area contributed by atoms with E-state index in [-0.39, 0.29) is 12.1 Å². The highest BCUT2D eigenvalue weighted by Crippen LogP contribution is 2.28. The predicted octanol–water partition coefficient (Wildman–Crippen LogP) is 4.24. The highest BCUT2D eigenvalue weighted by molar-refractivity contribution is 6.05. The molecule has 0 atom stereocenters. The van der Waals surface area contributed by atoms with E-state index in [0.29, 0.717) is 41.7 Å². The molecule has 3 aromatic carbocycles. The van der Waals surface area contributed by atoms with E-state index < -0.39 is 23.5 Å². The minimum atomic E-state index is -0.475. The Kier molecular flexibility index (Phi) is 8.77. The lowest BCUT2D eigenvalue weighted by Gasteiger charge is -2.12. The number of benzene rings is 3. The van der Waals surface area contributed by atoms with Gasteiger partial charge in [0.15, 0.2) is 11.5 Å². The molecule has 0 bridgehead atoms. The van der Waals surface area contributed by atoms with Crippen molar-refractivity contribution in [2.24, 2.45) is 0 Å². The lowest BCUT2D eigenvalue weighted by atomic mass is 10.1. The molecule has 0 spiro atoms. The average molecular weight is 480 g/mol. The van der Waals surface area contributed by atoms with E-state index in [1.165, 1.54) is 24.3 Å². The van der Waals surface area contributed by atoms with Gasteiger partial charge in [-0.2, -0.15) is 0 Å². The van der Waals surface area contributed by atoms with Gasteiger partial charge in [0.1, 0.15) is 5.82 Å². The number of rotatable bonds is 10. The summed E-state index contributed by atoms with van der Waals surface area (Å²) in [6.45, 7) is 4.26. The van der Waals surface area contributed by atoms with Crippen molar-refractivity contribution in [2.75, 3.05) is 30.4 Å². The summed E-state index contributed by atoms with van der Waals surface area (Å²) in [5, 5.41) is 7.78. The number of anilines is 2. The van der Waals surface area contributed by atoms with Gasteiger partial charge in [-0.25, -0.2) is 4.39 Å². The number of amides is 3. The third-order valence-electron chi connectivity index (χ3n) is 4.71. The Bertz CT molecular complexity index is 1220. The smallest absolute Gasteiger partial charge is 0.255 e. The Hall–Kier alpha value is -4.40. The standard InChI is InChI=1S/C26H26FN3O5/c1-3-34-22-12-11-18(14-23(22)35-4-2)25(32)28-16-24(31)29-20-9-5-7-17(13-20)26(33)30-21-10-6-8-19(27)15-21/h5-15H,3-4,16H2,1-2H3,(H,28,32)(H,29,31)(H,30,33). The average Bonchev–Trinajstić information content (AvgIpc) is 2.84. The Morgan fingerprint density at radius 1 is 0.743 bits per heavy atom. The molecule has 8 nitrogen and oxygen atoms in total. The lowest BCUT2D eigenvalue weighted by Crippen LogP contribution is -2.32. The maximum absolute atomic E-state index is 13.3. The Labute approximate surface area is 202 Å². The zero-order chi connectivity index (χ0) is 25.2. The van der Waals surface area contributed by atoms with Crippen LogP contribution in [0.15, 0.2) is 66.7 Å². The van der Waals surface area contributed by atoms with Gasteiger partial charge in [-0.3, -0.25) is 14.4 Å². The molecule has 3 N–H and O–H groups in total. The zero-order valence-corrected chi connectivity index (χ0v) is 19.4. The molecule has 182 valence electrons. The Morgan fingerprint density at radius 3 is 2.11 bits per heavy atom. The fourth-order valence-corrected chi connectivity index (χ4v) is 3.17. The Morgan fingerprint density at radius 2 is 1.40 bits per heavy atom. The number of ether oxygens (including phenoxy) is 2. The molecule has 0 fully saturated rings. The fourth-order valence-electron chi connectivity index (χ4n) is 3.17. The van der Waals surface area contributed by atoms with E-state index in [4.69, 9.17) is 9.47 Å². The first kappa shape index (κ1) is 25.2. The van der Waals surface area contributed by atoms with Gasteiger partial charge in [-0.05, 0) is 68.4 Å². The van der Waals surface area contributed by atoms with Gasteiger partial charge in [0.25, 0.3) is 11.8 Å². The molecule has 3 amide bonds. The van der Waals surface area contributed by atoms with Crippen molar-refractivity contribution in [2.45, 2.75) is 13.8 Å². The second-order valence-corrected chi connectivity index (χ2v) is 7.30. The molecule has 0 aliphatic rings. The number of halogens is 1. The molecule has 3 rings (SSSR count). The van der Waals surface area contributed by atoms with Crippen LogP contribution in [0.3, 0.4) is 0 Å². The van der Waals surface area contributed by atoms with Gasteiger partial charge >= 0.3 is 0 Å². The fraction of sp³-hybridized carbons (Fsp3) is 0.192. The van der Waals surface area contributed by atoms with E-state index >= 15 is 0 Å². The number of hydrogen-bond acceptors (Lipinski definition) is 5. The predicted molar refractivity (Wildman–Crippen MR) is 131 cm³/mol. The molecule has 0 aliphatic heterocycles. The maximum Gasteiger partial charge on any atom is 0.255 e. The van der Waals surface area contributed by atoms with Crippen molar-refractivity contribution in [3.8, 4) is 11.5 Å². The van der Waals surface area contributed by atoms with Crippen LogP contribution in [0.2, 0.25) is 0 Å². The zero-order valence-electron chi connectivity index (χ0n) is 19.4. The van der Waals surface area contributed by atoms with Gasteiger partial charge in [-0.15, -0.1) is 0 Å². The summed E-state index contributed by atoms with van der Waals surface area (Å²) in [6.07, 6.45) is 0. The van der Waals surface area contributed by atoms with Crippen LogP contribution in [-0.2, 0) is 4.79 Å². The van der Waals surface area contributed by atoms with Crippen LogP contribution in [0.4, 0.5) is 15.8 Å². The molecule has 0 saturated heterocycles. The molecular weight excluding hydrogens is 453 g/mol. The van der Waals surface area contributed by atoms with Crippen LogP contribution in [0.1, 0.15) is 34.6 Å². The molecular formula is C26H26FN3O5. The lowest BCUT2D eigenvalue weighted by molar-refractivity contribution is -0.115. The molecule has 0 unspecified atom stereocenters. The normalized spacial score (nSPS) is 10.3. The SMILES string of the molecule is CCOc1ccc(C(=O)NCC(=O)Nc2cccc(C(=O)Nc3cccc(F)c3)c2)cc1OCC. The molecule has 0 aromatic heterocycles. The largest absolute Gasteiger partial charge is 0.490 e. The van der Waals surface area contributed by atoms with Crippen LogP contribution in [0.25, 0.3) is 0 Å². The van der Waals surface area contributed by atoms with E-state index in [1.807, 2.05) is 13.8 Å². The first-order valence-corrected chi connectivity index (χ1v) is 11.0. The minimum absolute atomic E-state index is 0.272. The van der Waals surface area contributed by atoms with Crippen LogP contribution in [-0.4, -0.2) is 37.5 Å². The summed E-state index contributed by atoms with van der Waals surface area (Å²) < 4.78 is 24.3. The summed E-state index contributed by atoms with van der Waals surface area (Å²) in [5.41, 5.74) is 1.28. The van der Waals surface area contributed by atoms with E-state index in [1.54, 1.807) is 42.5 Å². The van der Waals surface area contributed by atoms with E-state index in [0.717, 1.165) is 0 Å². The molecule has 3 aromatic rings. The van der Waals surface area contributed by atoms with Gasteiger partial charge in [0, 0.05) is 22.5 Å². The summed E-state index contributed by atoms with van der Waals surface area (Å²) in [4.78, 5) is 37.3. The minimum Gasteiger partial charge on any atom is -0.490 e. The highest BCUT2D eigenvalue weighted by Gasteiger charge is 2.13. The van der Waals surface area contributed by atoms with Crippen molar-refractivity contribution in [3.05, 3.63) is 83.7 Å². The molecule has 0 heterocycles. The van der Waals surface area contributed by atoms with Gasteiger partial charge in [0.2, 0.25) is 5.91 Å². The quantitative estimate of drug-likeness (QED) is 0.403. The summed E-state index contributed by atoms with van der Waals surface area (Å²) in [5.74, 6) is -0.875. The van der Waals surface area contributed by atoms with Crippen LogP contribution < -0.4 is 25.4 Å². The summed E-state index contributed by atoms with van der Waals surface area (Å²) in [7, 11) is 0. The topological polar surface area (TPSA) is 106 Å². The van der Waals surface area contributed by atoms with Crippen molar-refractivity contribution in [1.29, 1.82) is 0 Å². The number of carbonyl (C=O) groups excluding carboxylic acids is 3. The number of carbonyl (C=O) groups is 3. The van der Waals surface area contributed by atoms with E-state index in [9.17, 15) is 18.8 Å². The maximum atomic E-state index is 13.3. The molecule has 0 saturated carbocycles. The Balaban J connectivity index is 1.57. The van der Waals surface area contributed by atoms with Crippen molar-refractivity contribution < 1.29 is 28.2 Å². The molecule has 0 aliphatic carbocycles. The van der Waals surface area contributed by atoms with Gasteiger partial charge < -0.3 is 25.4 Å². The molecule has 35 heavy (non-hydrogen) atoms. The van der Waals surface area contributed by atoms with Crippen LogP contribution >= 0.6 is 0 Å². The second-order valence-electron chi connectivity index (χ2n) is 7.30. The second kappa shape index (κ2) is 12.2. The van der Waals surface area contributed by atoms with Crippen LogP contribution in [0.5, 0.6) is 11.5 Å². The number of nitrogens with one attached hydrogen (secondary N) is 3. The van der Waals surface area contributed by atoms with E-state index in [2.05, 4.69) is 16.0 Å². The summed E-state index contributed by atoms with van der Waals surface area (Å²) >= 11 is 0. The highest BCUT2D eigenvalue weighted by atomic mass is 19.1. The van der Waals surface area contributed by atoms with Crippen LogP contribution in [0, 0.1) is 5.82 Å². The van der Waals surface area contributed by atoms with Gasteiger partial charge in [0.05, 0.1) is 19.8 Å². The molecule has 0 radical (unpaired) electrons. The third kappa shape index (κ3) is 7.29. The first-order valence-electron chi connectivity index (χ1n) is 11.0. The van der Waals surface area contributed by atoms with Crippen molar-refractivity contribution >= 4 is 29.1 Å². The molecule has 9 heteroatoms. The first-order chi connectivity index (χ1) is 16.9. The van der Waals surface area contributed by atoms with Crippen molar-refractivity contribution in [1.82, 2.24) is 5.32 Å². The summed E-state index contributed by atoms with van der Waals surface area (Å²) in [6, 6.07) is 16.6. The monoisotopic (exact) mass is 479 g/mol. The van der Waals surface area contributed by atoms with Gasteiger partial charge in [-0.1, -0.05) is 12.1 Å². The van der Waals surface area contributed by atoms with Crippen molar-refractivity contribution in [3.63, 3.8) is 0 Å².